The number of nitrogens with zero attached hydrogens (tertiary/aromatic N) is 3. The SMILES string of the molecule is COc1nc(Br)cnc1CN(C[C@@H]1CCC(=O)N1)C(=O)OC(C)(C)C. The number of hydrogen-bond donors (Lipinski definition) is 1. The smallest absolute Gasteiger partial charge is 0.410 e. The summed E-state index contributed by atoms with van der Waals surface area (Å²) in [5.74, 6) is 0.327. The molecular formula is C16H23BrN4O4. The van der Waals surface area contributed by atoms with Crippen LogP contribution in [0.2, 0.25) is 0 Å². The minimum absolute atomic E-state index is 0.00449. The number of amides is 2. The molecule has 1 aliphatic heterocycles. The lowest BCUT2D eigenvalue weighted by molar-refractivity contribution is -0.119. The van der Waals surface area contributed by atoms with E-state index in [-0.39, 0.29) is 18.5 Å². The summed E-state index contributed by atoms with van der Waals surface area (Å²) in [6.07, 6.45) is 2.22. The number of rotatable bonds is 5. The number of hydrogen-bond acceptors (Lipinski definition) is 6. The Bertz CT molecular complexity index is 648. The second-order valence-corrected chi connectivity index (χ2v) is 7.63. The quantitative estimate of drug-likeness (QED) is 0.793. The van der Waals surface area contributed by atoms with Gasteiger partial charge >= 0.3 is 6.09 Å². The fourth-order valence-corrected chi connectivity index (χ4v) is 2.70. The minimum Gasteiger partial charge on any atom is -0.480 e. The lowest BCUT2D eigenvalue weighted by Crippen LogP contribution is -2.44. The lowest BCUT2D eigenvalue weighted by atomic mass is 10.2. The first-order valence-electron chi connectivity index (χ1n) is 8.00. The molecule has 1 aromatic heterocycles. The third-order valence-electron chi connectivity index (χ3n) is 3.49. The lowest BCUT2D eigenvalue weighted by Gasteiger charge is -2.29. The zero-order valence-corrected chi connectivity index (χ0v) is 16.4. The van der Waals surface area contributed by atoms with Crippen LogP contribution in [0.15, 0.2) is 10.8 Å². The summed E-state index contributed by atoms with van der Waals surface area (Å²) < 4.78 is 11.3. The highest BCUT2D eigenvalue weighted by Crippen LogP contribution is 2.20. The minimum atomic E-state index is -0.621. The van der Waals surface area contributed by atoms with Crippen molar-refractivity contribution in [2.45, 2.75) is 51.8 Å². The van der Waals surface area contributed by atoms with Crippen LogP contribution in [0.3, 0.4) is 0 Å². The molecular weight excluding hydrogens is 392 g/mol. The average molecular weight is 415 g/mol. The van der Waals surface area contributed by atoms with Gasteiger partial charge in [0.1, 0.15) is 15.9 Å². The summed E-state index contributed by atoms with van der Waals surface area (Å²) >= 11 is 3.24. The first kappa shape index (κ1) is 19.4. The molecule has 9 heteroatoms. The molecule has 0 saturated carbocycles. The molecule has 1 aromatic rings. The van der Waals surface area contributed by atoms with E-state index in [1.807, 2.05) is 0 Å². The summed E-state index contributed by atoms with van der Waals surface area (Å²) in [7, 11) is 1.50. The van der Waals surface area contributed by atoms with Crippen molar-refractivity contribution in [1.29, 1.82) is 0 Å². The van der Waals surface area contributed by atoms with Gasteiger partial charge in [-0.25, -0.2) is 9.78 Å². The van der Waals surface area contributed by atoms with Gasteiger partial charge in [-0.15, -0.1) is 0 Å². The van der Waals surface area contributed by atoms with Crippen molar-refractivity contribution in [1.82, 2.24) is 20.2 Å². The molecule has 2 rings (SSSR count). The summed E-state index contributed by atoms with van der Waals surface area (Å²) in [6, 6.07) is -0.102. The van der Waals surface area contributed by atoms with Crippen molar-refractivity contribution < 1.29 is 19.1 Å². The third kappa shape index (κ3) is 5.84. The van der Waals surface area contributed by atoms with Crippen molar-refractivity contribution in [3.05, 3.63) is 16.5 Å². The van der Waals surface area contributed by atoms with Gasteiger partial charge in [0.25, 0.3) is 0 Å². The van der Waals surface area contributed by atoms with Crippen LogP contribution in [0.5, 0.6) is 5.88 Å². The first-order valence-corrected chi connectivity index (χ1v) is 8.80. The van der Waals surface area contributed by atoms with Crippen molar-refractivity contribution in [2.75, 3.05) is 13.7 Å². The fourth-order valence-electron chi connectivity index (χ4n) is 2.44. The van der Waals surface area contributed by atoms with Gasteiger partial charge in [-0.3, -0.25) is 9.78 Å². The molecule has 1 N–H and O–H groups in total. The monoisotopic (exact) mass is 414 g/mol. The molecule has 0 bridgehead atoms. The second kappa shape index (κ2) is 7.99. The van der Waals surface area contributed by atoms with Gasteiger partial charge in [-0.1, -0.05) is 0 Å². The molecule has 25 heavy (non-hydrogen) atoms. The van der Waals surface area contributed by atoms with Gasteiger partial charge in [-0.2, -0.15) is 0 Å². The van der Waals surface area contributed by atoms with Crippen LogP contribution in [-0.4, -0.2) is 52.2 Å². The van der Waals surface area contributed by atoms with Crippen LogP contribution in [0, 0.1) is 0 Å². The Morgan fingerprint density at radius 3 is 2.76 bits per heavy atom. The summed E-state index contributed by atoms with van der Waals surface area (Å²) in [5, 5.41) is 2.86. The highest BCUT2D eigenvalue weighted by atomic mass is 79.9. The van der Waals surface area contributed by atoms with E-state index in [0.717, 1.165) is 0 Å². The first-order chi connectivity index (χ1) is 11.7. The number of aromatic nitrogens is 2. The van der Waals surface area contributed by atoms with Crippen LogP contribution < -0.4 is 10.1 Å². The van der Waals surface area contributed by atoms with E-state index >= 15 is 0 Å². The van der Waals surface area contributed by atoms with Gasteiger partial charge in [0.2, 0.25) is 11.8 Å². The highest BCUT2D eigenvalue weighted by molar-refractivity contribution is 9.10. The van der Waals surface area contributed by atoms with Gasteiger partial charge in [0.15, 0.2) is 0 Å². The molecule has 2 heterocycles. The van der Waals surface area contributed by atoms with E-state index in [0.29, 0.717) is 35.6 Å². The Hall–Kier alpha value is -1.90. The summed E-state index contributed by atoms with van der Waals surface area (Å²) in [4.78, 5) is 34.0. The van der Waals surface area contributed by atoms with Crippen LogP contribution in [0.1, 0.15) is 39.3 Å². The van der Waals surface area contributed by atoms with Crippen LogP contribution in [0.4, 0.5) is 4.79 Å². The molecule has 0 unspecified atom stereocenters. The van der Waals surface area contributed by atoms with Crippen LogP contribution in [0.25, 0.3) is 0 Å². The van der Waals surface area contributed by atoms with E-state index < -0.39 is 11.7 Å². The van der Waals surface area contributed by atoms with Gasteiger partial charge < -0.3 is 19.7 Å². The molecule has 8 nitrogen and oxygen atoms in total. The van der Waals surface area contributed by atoms with Crippen LogP contribution in [-0.2, 0) is 16.1 Å². The maximum absolute atomic E-state index is 12.6. The predicted molar refractivity (Wildman–Crippen MR) is 94.1 cm³/mol. The zero-order valence-electron chi connectivity index (χ0n) is 14.8. The highest BCUT2D eigenvalue weighted by Gasteiger charge is 2.29. The fraction of sp³-hybridized carbons (Fsp3) is 0.625. The molecule has 1 saturated heterocycles. The molecule has 0 aliphatic carbocycles. The molecule has 2 amide bonds. The Balaban J connectivity index is 2.18. The Morgan fingerprint density at radius 1 is 1.48 bits per heavy atom. The summed E-state index contributed by atoms with van der Waals surface area (Å²) in [6.45, 7) is 5.92. The van der Waals surface area contributed by atoms with E-state index in [1.54, 1.807) is 27.0 Å². The van der Waals surface area contributed by atoms with Crippen molar-refractivity contribution in [3.8, 4) is 5.88 Å². The van der Waals surface area contributed by atoms with Gasteiger partial charge in [0.05, 0.1) is 19.9 Å². The third-order valence-corrected chi connectivity index (χ3v) is 3.88. The Kier molecular flexibility index (Phi) is 6.21. The number of nitrogens with one attached hydrogen (secondary N) is 1. The van der Waals surface area contributed by atoms with E-state index in [4.69, 9.17) is 9.47 Å². The molecule has 0 radical (unpaired) electrons. The van der Waals surface area contributed by atoms with Gasteiger partial charge in [0, 0.05) is 19.0 Å². The second-order valence-electron chi connectivity index (χ2n) is 6.81. The number of ether oxygens (including phenoxy) is 2. The molecule has 1 atom stereocenters. The van der Waals surface area contributed by atoms with E-state index in [9.17, 15) is 9.59 Å². The molecule has 138 valence electrons. The standard InChI is InChI=1S/C16H23BrN4O4/c1-16(2,3)25-15(23)21(8-10-5-6-13(22)19-10)9-11-14(24-4)20-12(17)7-18-11/h7,10H,5-6,8-9H2,1-4H3,(H,19,22)/t10-/m0/s1. The normalized spacial score (nSPS) is 17.2. The van der Waals surface area contributed by atoms with Crippen molar-refractivity contribution in [2.24, 2.45) is 0 Å². The number of carbonyl (C=O) groups is 2. The summed E-state index contributed by atoms with van der Waals surface area (Å²) in [5.41, 5.74) is -0.107. The number of carbonyl (C=O) groups excluding carboxylic acids is 2. The van der Waals surface area contributed by atoms with Crippen LogP contribution >= 0.6 is 15.9 Å². The zero-order chi connectivity index (χ0) is 18.6. The largest absolute Gasteiger partial charge is 0.480 e. The number of methoxy groups -OCH3 is 1. The Labute approximate surface area is 155 Å². The Morgan fingerprint density at radius 2 is 2.20 bits per heavy atom. The van der Waals surface area contributed by atoms with Gasteiger partial charge in [-0.05, 0) is 43.1 Å². The number of halogens is 1. The maximum atomic E-state index is 12.6. The molecule has 1 fully saturated rings. The average Bonchev–Trinajstić information content (AvgIpc) is 2.91. The van der Waals surface area contributed by atoms with E-state index in [2.05, 4.69) is 31.2 Å². The maximum Gasteiger partial charge on any atom is 0.410 e. The topological polar surface area (TPSA) is 93.7 Å². The van der Waals surface area contributed by atoms with Crippen molar-refractivity contribution >= 4 is 27.9 Å². The predicted octanol–water partition coefficient (Wildman–Crippen LogP) is 2.26. The molecule has 0 aromatic carbocycles. The van der Waals surface area contributed by atoms with Crippen molar-refractivity contribution in [3.63, 3.8) is 0 Å². The molecule has 0 spiro atoms. The van der Waals surface area contributed by atoms with E-state index in [1.165, 1.54) is 12.0 Å². The molecule has 1 aliphatic rings.